The summed E-state index contributed by atoms with van der Waals surface area (Å²) in [7, 11) is 0. The van der Waals surface area contributed by atoms with Crippen molar-refractivity contribution in [1.29, 1.82) is 0 Å². The Balaban J connectivity index is 1.58. The van der Waals surface area contributed by atoms with Crippen LogP contribution in [-0.4, -0.2) is 34.3 Å². The second kappa shape index (κ2) is 6.27. The van der Waals surface area contributed by atoms with E-state index in [1.807, 2.05) is 0 Å². The fourth-order valence-electron chi connectivity index (χ4n) is 2.56. The molecule has 0 saturated carbocycles. The first-order valence-corrected chi connectivity index (χ1v) is 7.76. The summed E-state index contributed by atoms with van der Waals surface area (Å²) < 4.78 is 16.0. The molecule has 0 atom stereocenters. The van der Waals surface area contributed by atoms with E-state index in [9.17, 15) is 9.18 Å². The van der Waals surface area contributed by atoms with Gasteiger partial charge in [0.25, 0.3) is 11.3 Å². The van der Waals surface area contributed by atoms with Gasteiger partial charge in [0, 0.05) is 18.2 Å². The van der Waals surface area contributed by atoms with Gasteiger partial charge in [-0.1, -0.05) is 0 Å². The zero-order valence-corrected chi connectivity index (χ0v) is 13.1. The Hall–Kier alpha value is -3.36. The van der Waals surface area contributed by atoms with Crippen molar-refractivity contribution in [2.45, 2.75) is 19.4 Å². The third-order valence-corrected chi connectivity index (χ3v) is 3.79. The van der Waals surface area contributed by atoms with Gasteiger partial charge in [0.05, 0.1) is 5.69 Å². The standard InChI is InChI=1S/C16H14FN7O/c17-12-5-3-11(4-6-12)15-21-16-20-13(8-14(25)24(16)22-15)2-1-7-23-10-18-9-19-23/h3-6,8-10H,1-2,7H2,(H,20,21,22). The van der Waals surface area contributed by atoms with Crippen molar-refractivity contribution in [1.82, 2.24) is 34.3 Å². The topological polar surface area (TPSA) is 93.8 Å². The van der Waals surface area contributed by atoms with Crippen LogP contribution in [0.15, 0.2) is 47.8 Å². The Bertz CT molecular complexity index is 1050. The molecule has 4 rings (SSSR count). The molecule has 0 aliphatic heterocycles. The second-order valence-corrected chi connectivity index (χ2v) is 5.56. The molecule has 0 aliphatic rings. The van der Waals surface area contributed by atoms with Gasteiger partial charge in [-0.2, -0.15) is 14.6 Å². The zero-order valence-electron chi connectivity index (χ0n) is 13.1. The van der Waals surface area contributed by atoms with Crippen LogP contribution in [0.3, 0.4) is 0 Å². The van der Waals surface area contributed by atoms with Crippen LogP contribution in [0.4, 0.5) is 4.39 Å². The van der Waals surface area contributed by atoms with Crippen LogP contribution in [0.2, 0.25) is 0 Å². The molecule has 3 aromatic heterocycles. The Morgan fingerprint density at radius 3 is 2.76 bits per heavy atom. The number of hydrogen-bond donors (Lipinski definition) is 1. The summed E-state index contributed by atoms with van der Waals surface area (Å²) in [6.07, 6.45) is 4.54. The van der Waals surface area contributed by atoms with Crippen molar-refractivity contribution in [3.05, 3.63) is 64.9 Å². The summed E-state index contributed by atoms with van der Waals surface area (Å²) in [5.41, 5.74) is 1.11. The van der Waals surface area contributed by atoms with Crippen molar-refractivity contribution in [3.63, 3.8) is 0 Å². The number of fused-ring (bicyclic) bond motifs is 1. The highest BCUT2D eigenvalue weighted by molar-refractivity contribution is 5.56. The van der Waals surface area contributed by atoms with Gasteiger partial charge in [-0.25, -0.2) is 14.4 Å². The quantitative estimate of drug-likeness (QED) is 0.594. The third-order valence-electron chi connectivity index (χ3n) is 3.79. The lowest BCUT2D eigenvalue weighted by molar-refractivity contribution is 0.573. The average molecular weight is 339 g/mol. The predicted molar refractivity (Wildman–Crippen MR) is 87.3 cm³/mol. The monoisotopic (exact) mass is 339 g/mol. The van der Waals surface area contributed by atoms with Crippen LogP contribution in [-0.2, 0) is 13.0 Å². The summed E-state index contributed by atoms with van der Waals surface area (Å²) in [6, 6.07) is 7.36. The molecule has 8 nitrogen and oxygen atoms in total. The molecule has 1 N–H and O–H groups in total. The molecule has 9 heteroatoms. The number of aromatic amines is 1. The van der Waals surface area contributed by atoms with Crippen LogP contribution in [0.25, 0.3) is 17.2 Å². The van der Waals surface area contributed by atoms with Crippen molar-refractivity contribution >= 4 is 5.78 Å². The molecule has 0 fully saturated rings. The van der Waals surface area contributed by atoms with E-state index < -0.39 is 0 Å². The average Bonchev–Trinajstić information content (AvgIpc) is 3.25. The maximum atomic E-state index is 13.0. The van der Waals surface area contributed by atoms with E-state index in [1.165, 1.54) is 29.0 Å². The molecular weight excluding hydrogens is 325 g/mol. The number of rotatable bonds is 5. The maximum Gasteiger partial charge on any atom is 0.274 e. The molecule has 4 aromatic rings. The van der Waals surface area contributed by atoms with Gasteiger partial charge >= 0.3 is 0 Å². The first-order valence-electron chi connectivity index (χ1n) is 7.76. The molecule has 0 amide bonds. The lowest BCUT2D eigenvalue weighted by Crippen LogP contribution is -2.16. The van der Waals surface area contributed by atoms with E-state index in [0.29, 0.717) is 35.8 Å². The first-order chi connectivity index (χ1) is 12.2. The highest BCUT2D eigenvalue weighted by Crippen LogP contribution is 2.15. The summed E-state index contributed by atoms with van der Waals surface area (Å²) in [4.78, 5) is 24.9. The molecule has 0 bridgehead atoms. The molecule has 0 radical (unpaired) electrons. The van der Waals surface area contributed by atoms with Crippen LogP contribution >= 0.6 is 0 Å². The van der Waals surface area contributed by atoms with Gasteiger partial charge in [0.2, 0.25) is 0 Å². The number of nitrogens with zero attached hydrogens (tertiary/aromatic N) is 6. The molecule has 0 saturated heterocycles. The van der Waals surface area contributed by atoms with E-state index in [0.717, 1.165) is 6.42 Å². The zero-order chi connectivity index (χ0) is 17.2. The van der Waals surface area contributed by atoms with Crippen molar-refractivity contribution in [2.24, 2.45) is 0 Å². The van der Waals surface area contributed by atoms with E-state index in [2.05, 4.69) is 25.1 Å². The first kappa shape index (κ1) is 15.2. The normalized spacial score (nSPS) is 11.2. The summed E-state index contributed by atoms with van der Waals surface area (Å²) >= 11 is 0. The van der Waals surface area contributed by atoms with Crippen LogP contribution in [0.1, 0.15) is 12.1 Å². The Morgan fingerprint density at radius 1 is 1.16 bits per heavy atom. The number of hydrogen-bond acceptors (Lipinski definition) is 5. The fraction of sp³-hybridized carbons (Fsp3) is 0.188. The van der Waals surface area contributed by atoms with Gasteiger partial charge in [0.15, 0.2) is 5.82 Å². The highest BCUT2D eigenvalue weighted by Gasteiger charge is 2.10. The number of H-pyrrole nitrogens is 1. The van der Waals surface area contributed by atoms with Crippen molar-refractivity contribution < 1.29 is 4.39 Å². The van der Waals surface area contributed by atoms with Gasteiger partial charge in [-0.05, 0) is 37.1 Å². The molecule has 0 aliphatic carbocycles. The SMILES string of the molecule is O=c1cc(CCCn2cncn2)nc2nc(-c3ccc(F)cc3)[nH]n12. The number of nitrogens with one attached hydrogen (secondary N) is 1. The summed E-state index contributed by atoms with van der Waals surface area (Å²) in [5, 5.41) is 6.92. The van der Waals surface area contributed by atoms with E-state index in [4.69, 9.17) is 0 Å². The summed E-state index contributed by atoms with van der Waals surface area (Å²) in [5.74, 6) is 0.428. The summed E-state index contributed by atoms with van der Waals surface area (Å²) in [6.45, 7) is 0.697. The molecule has 0 unspecified atom stereocenters. The highest BCUT2D eigenvalue weighted by atomic mass is 19.1. The van der Waals surface area contributed by atoms with Crippen molar-refractivity contribution in [3.8, 4) is 11.4 Å². The Morgan fingerprint density at radius 2 is 2.00 bits per heavy atom. The minimum absolute atomic E-state index is 0.235. The molecule has 0 spiro atoms. The number of aromatic nitrogens is 7. The molecule has 3 heterocycles. The van der Waals surface area contributed by atoms with Crippen molar-refractivity contribution in [2.75, 3.05) is 0 Å². The molecule has 126 valence electrons. The lowest BCUT2D eigenvalue weighted by atomic mass is 10.2. The second-order valence-electron chi connectivity index (χ2n) is 5.56. The van der Waals surface area contributed by atoms with Crippen LogP contribution in [0.5, 0.6) is 0 Å². The van der Waals surface area contributed by atoms with E-state index in [-0.39, 0.29) is 11.4 Å². The van der Waals surface area contributed by atoms with Gasteiger partial charge in [-0.3, -0.25) is 14.6 Å². The fourth-order valence-corrected chi connectivity index (χ4v) is 2.56. The van der Waals surface area contributed by atoms with E-state index in [1.54, 1.807) is 23.1 Å². The van der Waals surface area contributed by atoms with Gasteiger partial charge in [-0.15, -0.1) is 0 Å². The minimum atomic E-state index is -0.329. The van der Waals surface area contributed by atoms with Gasteiger partial charge in [0.1, 0.15) is 18.5 Å². The predicted octanol–water partition coefficient (Wildman–Crippen LogP) is 1.45. The Kier molecular flexibility index (Phi) is 3.81. The lowest BCUT2D eigenvalue weighted by Gasteiger charge is -2.01. The third kappa shape index (κ3) is 3.16. The van der Waals surface area contributed by atoms with Gasteiger partial charge < -0.3 is 0 Å². The largest absolute Gasteiger partial charge is 0.274 e. The maximum absolute atomic E-state index is 13.0. The smallest absolute Gasteiger partial charge is 0.271 e. The number of aryl methyl sites for hydroxylation is 2. The van der Waals surface area contributed by atoms with Crippen LogP contribution in [0, 0.1) is 5.82 Å². The molecule has 1 aromatic carbocycles. The number of halogens is 1. The Labute approximate surface area is 141 Å². The van der Waals surface area contributed by atoms with E-state index >= 15 is 0 Å². The van der Waals surface area contributed by atoms with Crippen LogP contribution < -0.4 is 5.56 Å². The molecule has 25 heavy (non-hydrogen) atoms. The molecular formula is C16H14FN7O. The number of benzene rings is 1. The minimum Gasteiger partial charge on any atom is -0.271 e.